The van der Waals surface area contributed by atoms with Crippen molar-refractivity contribution >= 4 is 0 Å². The average molecular weight is 261 g/mol. The molecule has 2 atom stereocenters. The monoisotopic (exact) mass is 261 g/mol. The van der Waals surface area contributed by atoms with Gasteiger partial charge < -0.3 is 5.32 Å². The summed E-state index contributed by atoms with van der Waals surface area (Å²) >= 11 is 0. The molecular weight excluding hydrogens is 230 g/mol. The second-order valence-corrected chi connectivity index (χ2v) is 6.45. The van der Waals surface area contributed by atoms with Crippen molar-refractivity contribution in [2.45, 2.75) is 65.3 Å². The molecule has 0 saturated heterocycles. The van der Waals surface area contributed by atoms with Crippen molar-refractivity contribution in [2.24, 2.45) is 5.92 Å². The maximum absolute atomic E-state index is 3.46. The third-order valence-corrected chi connectivity index (χ3v) is 4.66. The Balaban J connectivity index is 2.84. The summed E-state index contributed by atoms with van der Waals surface area (Å²) in [6.07, 6.45) is 3.64. The zero-order valence-electron chi connectivity index (χ0n) is 13.6. The second-order valence-electron chi connectivity index (χ2n) is 6.45. The van der Waals surface area contributed by atoms with Gasteiger partial charge in [-0.05, 0) is 42.3 Å². The van der Waals surface area contributed by atoms with Gasteiger partial charge in [-0.2, -0.15) is 0 Å². The normalized spacial score (nSPS) is 15.3. The van der Waals surface area contributed by atoms with Crippen LogP contribution in [0, 0.1) is 5.92 Å². The van der Waals surface area contributed by atoms with Gasteiger partial charge in [-0.15, -0.1) is 0 Å². The molecule has 0 heterocycles. The Hall–Kier alpha value is -0.820. The highest BCUT2D eigenvalue weighted by atomic mass is 14.9. The molecule has 1 aromatic rings. The number of benzene rings is 1. The lowest BCUT2D eigenvalue weighted by Gasteiger charge is -2.25. The van der Waals surface area contributed by atoms with E-state index in [4.69, 9.17) is 0 Å². The van der Waals surface area contributed by atoms with Gasteiger partial charge in [0.25, 0.3) is 0 Å². The molecule has 0 aliphatic rings. The molecule has 19 heavy (non-hydrogen) atoms. The molecule has 0 aliphatic carbocycles. The van der Waals surface area contributed by atoms with E-state index < -0.39 is 0 Å². The summed E-state index contributed by atoms with van der Waals surface area (Å²) in [5, 5.41) is 3.46. The first-order chi connectivity index (χ1) is 8.94. The SMILES string of the molecule is CCC(C)CC(NC)c1ccc(C(C)(C)CC)cc1. The third-order valence-electron chi connectivity index (χ3n) is 4.66. The lowest BCUT2D eigenvalue weighted by atomic mass is 9.81. The van der Waals surface area contributed by atoms with Crippen LogP contribution in [0.25, 0.3) is 0 Å². The van der Waals surface area contributed by atoms with Crippen molar-refractivity contribution in [3.8, 4) is 0 Å². The number of hydrogen-bond acceptors (Lipinski definition) is 1. The number of rotatable bonds is 7. The van der Waals surface area contributed by atoms with Crippen molar-refractivity contribution in [1.82, 2.24) is 5.32 Å². The Morgan fingerprint density at radius 1 is 1.11 bits per heavy atom. The fraction of sp³-hybridized carbons (Fsp3) is 0.667. The van der Waals surface area contributed by atoms with Gasteiger partial charge in [0.2, 0.25) is 0 Å². The molecule has 1 nitrogen and oxygen atoms in total. The van der Waals surface area contributed by atoms with Gasteiger partial charge in [-0.25, -0.2) is 0 Å². The summed E-state index contributed by atoms with van der Waals surface area (Å²) in [5.41, 5.74) is 3.14. The molecule has 1 heteroatoms. The molecule has 2 unspecified atom stereocenters. The molecule has 0 amide bonds. The van der Waals surface area contributed by atoms with Crippen LogP contribution in [-0.4, -0.2) is 7.05 Å². The van der Waals surface area contributed by atoms with Crippen molar-refractivity contribution in [2.75, 3.05) is 7.05 Å². The summed E-state index contributed by atoms with van der Waals surface area (Å²) in [4.78, 5) is 0. The van der Waals surface area contributed by atoms with E-state index in [1.807, 2.05) is 0 Å². The Morgan fingerprint density at radius 3 is 2.11 bits per heavy atom. The molecule has 0 spiro atoms. The standard InChI is InChI=1S/C18H31N/c1-7-14(3)13-17(19-6)15-9-11-16(12-10-15)18(4,5)8-2/h9-12,14,17,19H,7-8,13H2,1-6H3. The van der Waals surface area contributed by atoms with E-state index in [9.17, 15) is 0 Å². The van der Waals surface area contributed by atoms with Crippen LogP contribution >= 0.6 is 0 Å². The summed E-state index contributed by atoms with van der Waals surface area (Å²) in [7, 11) is 2.07. The minimum absolute atomic E-state index is 0.282. The molecular formula is C18H31N. The minimum atomic E-state index is 0.282. The Bertz CT molecular complexity index is 364. The third kappa shape index (κ3) is 4.35. The molecule has 0 bridgehead atoms. The van der Waals surface area contributed by atoms with E-state index in [2.05, 4.69) is 71.2 Å². The molecule has 1 rings (SSSR count). The van der Waals surface area contributed by atoms with Crippen molar-refractivity contribution in [1.29, 1.82) is 0 Å². The Labute approximate surface area is 119 Å². The Kier molecular flexibility index (Phi) is 6.06. The van der Waals surface area contributed by atoms with Gasteiger partial charge in [0.1, 0.15) is 0 Å². The molecule has 0 aliphatic heterocycles. The van der Waals surface area contributed by atoms with Crippen LogP contribution in [0.3, 0.4) is 0 Å². The van der Waals surface area contributed by atoms with Crippen LogP contribution in [0.2, 0.25) is 0 Å². The van der Waals surface area contributed by atoms with Gasteiger partial charge in [0.05, 0.1) is 0 Å². The van der Waals surface area contributed by atoms with Gasteiger partial charge in [0, 0.05) is 6.04 Å². The summed E-state index contributed by atoms with van der Waals surface area (Å²) < 4.78 is 0. The first kappa shape index (κ1) is 16.2. The molecule has 1 aromatic carbocycles. The number of nitrogens with one attached hydrogen (secondary N) is 1. The summed E-state index contributed by atoms with van der Waals surface area (Å²) in [5.74, 6) is 0.768. The zero-order valence-corrected chi connectivity index (χ0v) is 13.6. The number of hydrogen-bond donors (Lipinski definition) is 1. The lowest BCUT2D eigenvalue weighted by molar-refractivity contribution is 0.421. The highest BCUT2D eigenvalue weighted by molar-refractivity contribution is 5.29. The van der Waals surface area contributed by atoms with E-state index in [0.717, 1.165) is 5.92 Å². The molecule has 0 fully saturated rings. The predicted molar refractivity (Wildman–Crippen MR) is 85.6 cm³/mol. The first-order valence-corrected chi connectivity index (χ1v) is 7.72. The largest absolute Gasteiger partial charge is 0.313 e. The zero-order chi connectivity index (χ0) is 14.5. The topological polar surface area (TPSA) is 12.0 Å². The molecule has 0 saturated carbocycles. The second kappa shape index (κ2) is 7.09. The first-order valence-electron chi connectivity index (χ1n) is 7.72. The smallest absolute Gasteiger partial charge is 0.0320 e. The van der Waals surface area contributed by atoms with Crippen molar-refractivity contribution in [3.63, 3.8) is 0 Å². The van der Waals surface area contributed by atoms with E-state index >= 15 is 0 Å². The van der Waals surface area contributed by atoms with Gasteiger partial charge in [-0.3, -0.25) is 0 Å². The predicted octanol–water partition coefficient (Wildman–Crippen LogP) is 5.07. The maximum atomic E-state index is 3.46. The summed E-state index contributed by atoms with van der Waals surface area (Å²) in [6.45, 7) is 11.5. The van der Waals surface area contributed by atoms with Crippen LogP contribution in [0.1, 0.15) is 71.0 Å². The fourth-order valence-corrected chi connectivity index (χ4v) is 2.36. The van der Waals surface area contributed by atoms with Crippen LogP contribution in [-0.2, 0) is 5.41 Å². The van der Waals surface area contributed by atoms with Crippen molar-refractivity contribution < 1.29 is 0 Å². The van der Waals surface area contributed by atoms with Crippen molar-refractivity contribution in [3.05, 3.63) is 35.4 Å². The van der Waals surface area contributed by atoms with E-state index in [0.29, 0.717) is 6.04 Å². The minimum Gasteiger partial charge on any atom is -0.313 e. The van der Waals surface area contributed by atoms with E-state index in [1.54, 1.807) is 0 Å². The molecule has 0 aromatic heterocycles. The summed E-state index contributed by atoms with van der Waals surface area (Å²) in [6, 6.07) is 9.69. The molecule has 108 valence electrons. The fourth-order valence-electron chi connectivity index (χ4n) is 2.36. The molecule has 1 N–H and O–H groups in total. The van der Waals surface area contributed by atoms with Crippen LogP contribution in [0.5, 0.6) is 0 Å². The van der Waals surface area contributed by atoms with Gasteiger partial charge >= 0.3 is 0 Å². The van der Waals surface area contributed by atoms with E-state index in [1.165, 1.54) is 30.4 Å². The maximum Gasteiger partial charge on any atom is 0.0320 e. The van der Waals surface area contributed by atoms with Gasteiger partial charge in [-0.1, -0.05) is 65.3 Å². The van der Waals surface area contributed by atoms with Gasteiger partial charge in [0.15, 0.2) is 0 Å². The Morgan fingerprint density at radius 2 is 1.68 bits per heavy atom. The van der Waals surface area contributed by atoms with E-state index in [-0.39, 0.29) is 5.41 Å². The lowest BCUT2D eigenvalue weighted by Crippen LogP contribution is -2.20. The highest BCUT2D eigenvalue weighted by Gasteiger charge is 2.19. The average Bonchev–Trinajstić information content (AvgIpc) is 2.44. The highest BCUT2D eigenvalue weighted by Crippen LogP contribution is 2.29. The molecule has 0 radical (unpaired) electrons. The quantitative estimate of drug-likeness (QED) is 0.722. The van der Waals surface area contributed by atoms with Crippen LogP contribution < -0.4 is 5.32 Å². The van der Waals surface area contributed by atoms with Crippen LogP contribution in [0.15, 0.2) is 24.3 Å². The van der Waals surface area contributed by atoms with Crippen LogP contribution in [0.4, 0.5) is 0 Å².